The van der Waals surface area contributed by atoms with Crippen LogP contribution < -0.4 is 5.32 Å². The Hall–Kier alpha value is -0.980. The van der Waals surface area contributed by atoms with E-state index >= 15 is 0 Å². The monoisotopic (exact) mass is 199 g/mol. The molecule has 0 saturated carbocycles. The van der Waals surface area contributed by atoms with Crippen LogP contribution in [0.4, 0.5) is 0 Å². The van der Waals surface area contributed by atoms with Crippen molar-refractivity contribution in [3.05, 3.63) is 11.7 Å². The second-order valence-corrected chi connectivity index (χ2v) is 3.33. The summed E-state index contributed by atoms with van der Waals surface area (Å²) in [4.78, 5) is 4.14. The highest BCUT2D eigenvalue weighted by molar-refractivity contribution is 4.96. The molecule has 2 rings (SSSR count). The fraction of sp³-hybridized carbons (Fsp3) is 0.750. The largest absolute Gasteiger partial charge is 0.392 e. The van der Waals surface area contributed by atoms with Gasteiger partial charge in [0.15, 0.2) is 5.82 Å². The molecule has 78 valence electrons. The van der Waals surface area contributed by atoms with Crippen LogP contribution in [0.3, 0.4) is 0 Å². The van der Waals surface area contributed by atoms with Crippen molar-refractivity contribution in [2.45, 2.75) is 25.2 Å². The van der Waals surface area contributed by atoms with Crippen LogP contribution in [-0.4, -0.2) is 35.0 Å². The van der Waals surface area contributed by atoms with Crippen molar-refractivity contribution in [1.29, 1.82) is 0 Å². The van der Waals surface area contributed by atoms with E-state index in [1.807, 2.05) is 0 Å². The number of aromatic nitrogens is 2. The van der Waals surface area contributed by atoms with Crippen molar-refractivity contribution in [1.82, 2.24) is 15.5 Å². The number of nitrogens with zero attached hydrogens (tertiary/aromatic N) is 2. The first-order chi connectivity index (χ1) is 6.79. The maximum absolute atomic E-state index is 9.29. The first-order valence-corrected chi connectivity index (χ1v) is 4.52. The van der Waals surface area contributed by atoms with Crippen LogP contribution >= 0.6 is 0 Å². The molecule has 0 amide bonds. The molecule has 2 N–H and O–H groups in total. The van der Waals surface area contributed by atoms with Crippen LogP contribution in [0.25, 0.3) is 0 Å². The van der Waals surface area contributed by atoms with Gasteiger partial charge in [-0.1, -0.05) is 5.16 Å². The summed E-state index contributed by atoms with van der Waals surface area (Å²) in [5.74, 6) is 1.05. The molecule has 1 saturated heterocycles. The third kappa shape index (κ3) is 1.92. The van der Waals surface area contributed by atoms with E-state index in [2.05, 4.69) is 15.5 Å². The summed E-state index contributed by atoms with van der Waals surface area (Å²) in [7, 11) is 1.58. The summed E-state index contributed by atoms with van der Waals surface area (Å²) in [6.45, 7) is 0.922. The lowest BCUT2D eigenvalue weighted by Gasteiger charge is -2.01. The highest BCUT2D eigenvalue weighted by atomic mass is 16.5. The lowest BCUT2D eigenvalue weighted by atomic mass is 10.2. The standard InChI is InChI=1S/C8H13N3O3/c1-13-4-7-10-8(14-11-7)6-2-5(12)3-9-6/h5-6,9,12H,2-4H2,1H3. The Labute approximate surface area is 81.3 Å². The molecule has 1 aromatic heterocycles. The molecule has 1 aliphatic rings. The zero-order chi connectivity index (χ0) is 9.97. The summed E-state index contributed by atoms with van der Waals surface area (Å²) >= 11 is 0. The lowest BCUT2D eigenvalue weighted by molar-refractivity contribution is 0.174. The smallest absolute Gasteiger partial charge is 0.243 e. The third-order valence-electron chi connectivity index (χ3n) is 2.16. The normalized spacial score (nSPS) is 27.0. The highest BCUT2D eigenvalue weighted by Gasteiger charge is 2.27. The van der Waals surface area contributed by atoms with E-state index in [1.54, 1.807) is 7.11 Å². The minimum absolute atomic E-state index is 0.0249. The van der Waals surface area contributed by atoms with Gasteiger partial charge in [-0.25, -0.2) is 0 Å². The second-order valence-electron chi connectivity index (χ2n) is 3.33. The minimum Gasteiger partial charge on any atom is -0.392 e. The number of hydrogen-bond donors (Lipinski definition) is 2. The summed E-state index contributed by atoms with van der Waals surface area (Å²) < 4.78 is 9.90. The molecule has 6 nitrogen and oxygen atoms in total. The van der Waals surface area contributed by atoms with E-state index in [-0.39, 0.29) is 12.1 Å². The molecule has 2 heterocycles. The molecular weight excluding hydrogens is 186 g/mol. The molecule has 1 aromatic rings. The van der Waals surface area contributed by atoms with Gasteiger partial charge in [-0.2, -0.15) is 4.98 Å². The van der Waals surface area contributed by atoms with E-state index in [1.165, 1.54) is 0 Å². The molecule has 0 aliphatic carbocycles. The Morgan fingerprint density at radius 1 is 1.71 bits per heavy atom. The predicted molar refractivity (Wildman–Crippen MR) is 46.4 cm³/mol. The number of aliphatic hydroxyl groups is 1. The van der Waals surface area contributed by atoms with Crippen molar-refractivity contribution in [3.63, 3.8) is 0 Å². The fourth-order valence-electron chi connectivity index (χ4n) is 1.50. The average molecular weight is 199 g/mol. The Kier molecular flexibility index (Phi) is 2.76. The van der Waals surface area contributed by atoms with Crippen molar-refractivity contribution in [2.75, 3.05) is 13.7 Å². The van der Waals surface area contributed by atoms with Crippen LogP contribution in [0.5, 0.6) is 0 Å². The maximum atomic E-state index is 9.29. The van der Waals surface area contributed by atoms with E-state index in [9.17, 15) is 5.11 Å². The van der Waals surface area contributed by atoms with Gasteiger partial charge < -0.3 is 19.7 Å². The number of methoxy groups -OCH3 is 1. The van der Waals surface area contributed by atoms with Crippen molar-refractivity contribution in [3.8, 4) is 0 Å². The number of β-amino-alcohol motifs (C(OH)–C–C–N with tert-alkyl or cyclic N) is 1. The van der Waals surface area contributed by atoms with Crippen LogP contribution in [0.15, 0.2) is 4.52 Å². The van der Waals surface area contributed by atoms with Crippen LogP contribution in [-0.2, 0) is 11.3 Å². The van der Waals surface area contributed by atoms with E-state index in [4.69, 9.17) is 9.26 Å². The lowest BCUT2D eigenvalue weighted by Crippen LogP contribution is -2.15. The van der Waals surface area contributed by atoms with Gasteiger partial charge in [0.25, 0.3) is 0 Å². The first-order valence-electron chi connectivity index (χ1n) is 4.52. The van der Waals surface area contributed by atoms with Crippen LogP contribution in [0.2, 0.25) is 0 Å². The number of aliphatic hydroxyl groups excluding tert-OH is 1. The highest BCUT2D eigenvalue weighted by Crippen LogP contribution is 2.21. The van der Waals surface area contributed by atoms with Gasteiger partial charge in [0, 0.05) is 13.7 Å². The summed E-state index contributed by atoms with van der Waals surface area (Å²) in [5, 5.41) is 16.1. The summed E-state index contributed by atoms with van der Waals surface area (Å²) in [6.07, 6.45) is 0.298. The summed E-state index contributed by atoms with van der Waals surface area (Å²) in [5.41, 5.74) is 0. The minimum atomic E-state index is -0.322. The van der Waals surface area contributed by atoms with Gasteiger partial charge in [0.05, 0.1) is 12.1 Å². The molecule has 1 aliphatic heterocycles. The molecule has 0 spiro atoms. The molecule has 2 unspecified atom stereocenters. The Morgan fingerprint density at radius 2 is 2.57 bits per heavy atom. The van der Waals surface area contributed by atoms with E-state index in [0.29, 0.717) is 31.3 Å². The number of rotatable bonds is 3. The predicted octanol–water partition coefficient (Wildman–Crippen LogP) is -0.389. The van der Waals surface area contributed by atoms with Crippen molar-refractivity contribution in [2.24, 2.45) is 0 Å². The Bertz CT molecular complexity index is 302. The molecule has 0 aromatic carbocycles. The Balaban J connectivity index is 2.02. The zero-order valence-electron chi connectivity index (χ0n) is 7.93. The molecule has 0 bridgehead atoms. The van der Waals surface area contributed by atoms with Crippen molar-refractivity contribution < 1.29 is 14.4 Å². The second kappa shape index (κ2) is 4.04. The third-order valence-corrected chi connectivity index (χ3v) is 2.16. The topological polar surface area (TPSA) is 80.4 Å². The zero-order valence-corrected chi connectivity index (χ0v) is 7.93. The van der Waals surface area contributed by atoms with Crippen LogP contribution in [0, 0.1) is 0 Å². The Morgan fingerprint density at radius 3 is 3.21 bits per heavy atom. The molecule has 6 heteroatoms. The number of ether oxygens (including phenoxy) is 1. The molecule has 2 atom stereocenters. The quantitative estimate of drug-likeness (QED) is 0.690. The molecular formula is C8H13N3O3. The first kappa shape index (κ1) is 9.57. The molecule has 14 heavy (non-hydrogen) atoms. The van der Waals surface area contributed by atoms with Gasteiger partial charge >= 0.3 is 0 Å². The van der Waals surface area contributed by atoms with E-state index < -0.39 is 0 Å². The number of nitrogens with one attached hydrogen (secondary N) is 1. The fourth-order valence-corrected chi connectivity index (χ4v) is 1.50. The van der Waals surface area contributed by atoms with Crippen LogP contribution in [0.1, 0.15) is 24.2 Å². The molecule has 1 fully saturated rings. The van der Waals surface area contributed by atoms with E-state index in [0.717, 1.165) is 0 Å². The average Bonchev–Trinajstić information content (AvgIpc) is 2.74. The summed E-state index contributed by atoms with van der Waals surface area (Å²) in [6, 6.07) is -0.0249. The van der Waals surface area contributed by atoms with Crippen molar-refractivity contribution >= 4 is 0 Å². The van der Waals surface area contributed by atoms with Gasteiger partial charge in [-0.15, -0.1) is 0 Å². The maximum Gasteiger partial charge on any atom is 0.243 e. The van der Waals surface area contributed by atoms with Gasteiger partial charge in [0.2, 0.25) is 5.89 Å². The number of hydrogen-bond acceptors (Lipinski definition) is 6. The molecule has 0 radical (unpaired) electrons. The van der Waals surface area contributed by atoms with Gasteiger partial charge in [0.1, 0.15) is 6.61 Å². The SMILES string of the molecule is COCc1noc(C2CC(O)CN2)n1. The van der Waals surface area contributed by atoms with Gasteiger partial charge in [-0.05, 0) is 6.42 Å². The van der Waals surface area contributed by atoms with Gasteiger partial charge in [-0.3, -0.25) is 0 Å².